The van der Waals surface area contributed by atoms with Crippen molar-refractivity contribution >= 4 is 28.9 Å². The minimum absolute atomic E-state index is 0.00539. The van der Waals surface area contributed by atoms with Crippen molar-refractivity contribution in [3.8, 4) is 6.07 Å². The molecule has 0 atom stereocenters. The smallest absolute Gasteiger partial charge is 0.338 e. The fourth-order valence-corrected chi connectivity index (χ4v) is 3.06. The van der Waals surface area contributed by atoms with Crippen molar-refractivity contribution in [1.29, 1.82) is 5.26 Å². The van der Waals surface area contributed by atoms with Crippen LogP contribution in [0, 0.1) is 21.4 Å². The number of amides is 1. The van der Waals surface area contributed by atoms with Gasteiger partial charge in [0.2, 0.25) is 0 Å². The lowest BCUT2D eigenvalue weighted by Crippen LogP contribution is -2.21. The van der Waals surface area contributed by atoms with Gasteiger partial charge in [-0.1, -0.05) is 0 Å². The number of ether oxygens (including phenoxy) is 1. The third-order valence-electron chi connectivity index (χ3n) is 4.49. The van der Waals surface area contributed by atoms with Crippen LogP contribution >= 0.6 is 0 Å². The summed E-state index contributed by atoms with van der Waals surface area (Å²) >= 11 is 0. The molecule has 0 aromatic heterocycles. The number of benzene rings is 2. The van der Waals surface area contributed by atoms with E-state index in [1.807, 2.05) is 11.0 Å². The van der Waals surface area contributed by atoms with E-state index in [1.54, 1.807) is 24.3 Å². The van der Waals surface area contributed by atoms with Crippen LogP contribution in [0.3, 0.4) is 0 Å². The largest absolute Gasteiger partial charge is 0.452 e. The minimum atomic E-state index is -0.823. The Morgan fingerprint density at radius 2 is 1.86 bits per heavy atom. The lowest BCUT2D eigenvalue weighted by Gasteiger charge is -2.17. The van der Waals surface area contributed by atoms with Gasteiger partial charge in [0.05, 0.1) is 22.1 Å². The number of anilines is 2. The molecule has 1 heterocycles. The molecule has 29 heavy (non-hydrogen) atoms. The quantitative estimate of drug-likeness (QED) is 0.453. The van der Waals surface area contributed by atoms with Gasteiger partial charge in [-0.15, -0.1) is 0 Å². The van der Waals surface area contributed by atoms with Gasteiger partial charge in [-0.2, -0.15) is 5.26 Å². The fraction of sp³-hybridized carbons (Fsp3) is 0.250. The van der Waals surface area contributed by atoms with Crippen LogP contribution in [0.25, 0.3) is 0 Å². The first-order valence-corrected chi connectivity index (χ1v) is 8.98. The second-order valence-corrected chi connectivity index (χ2v) is 6.47. The van der Waals surface area contributed by atoms with Gasteiger partial charge in [-0.05, 0) is 49.2 Å². The first kappa shape index (κ1) is 19.8. The highest BCUT2D eigenvalue weighted by atomic mass is 16.6. The lowest BCUT2D eigenvalue weighted by molar-refractivity contribution is -0.384. The molecule has 2 aromatic rings. The maximum Gasteiger partial charge on any atom is 0.338 e. The number of nitrogens with zero attached hydrogens (tertiary/aromatic N) is 3. The Balaban J connectivity index is 1.62. The minimum Gasteiger partial charge on any atom is -0.452 e. The highest BCUT2D eigenvalue weighted by Crippen LogP contribution is 2.31. The zero-order valence-corrected chi connectivity index (χ0v) is 15.5. The van der Waals surface area contributed by atoms with E-state index < -0.39 is 23.4 Å². The number of hydrogen-bond donors (Lipinski definition) is 1. The molecule has 1 saturated heterocycles. The van der Waals surface area contributed by atoms with Crippen LogP contribution in [0.2, 0.25) is 0 Å². The number of esters is 1. The summed E-state index contributed by atoms with van der Waals surface area (Å²) in [5.74, 6) is -1.39. The average Bonchev–Trinajstić information content (AvgIpc) is 3.27. The number of carbonyl (C=O) groups is 2. The van der Waals surface area contributed by atoms with E-state index in [2.05, 4.69) is 5.32 Å². The Morgan fingerprint density at radius 3 is 2.48 bits per heavy atom. The third kappa shape index (κ3) is 4.87. The fourth-order valence-electron chi connectivity index (χ4n) is 3.06. The summed E-state index contributed by atoms with van der Waals surface area (Å²) < 4.78 is 4.97. The van der Waals surface area contributed by atoms with Crippen molar-refractivity contribution in [1.82, 2.24) is 0 Å². The van der Waals surface area contributed by atoms with Gasteiger partial charge in [-0.3, -0.25) is 14.9 Å². The number of nitrogens with one attached hydrogen (secondary N) is 1. The summed E-state index contributed by atoms with van der Waals surface area (Å²) in [4.78, 5) is 37.0. The monoisotopic (exact) mass is 394 g/mol. The Morgan fingerprint density at radius 1 is 1.17 bits per heavy atom. The van der Waals surface area contributed by atoms with Crippen molar-refractivity contribution < 1.29 is 19.2 Å². The van der Waals surface area contributed by atoms with Crippen LogP contribution in [0.15, 0.2) is 42.5 Å². The molecule has 1 aliphatic heterocycles. The summed E-state index contributed by atoms with van der Waals surface area (Å²) in [5, 5.41) is 22.7. The standard InChI is InChI=1S/C20H18N4O5/c21-12-14-3-6-16(7-4-14)22-19(25)13-29-20(26)15-5-8-17(18(11-15)24(27)28)23-9-1-2-10-23/h3-8,11H,1-2,9-10,13H2,(H,22,25). The Kier molecular flexibility index (Phi) is 6.04. The van der Waals surface area contributed by atoms with E-state index >= 15 is 0 Å². The molecule has 0 saturated carbocycles. The summed E-state index contributed by atoms with van der Waals surface area (Å²) in [7, 11) is 0. The molecule has 0 unspecified atom stereocenters. The van der Waals surface area contributed by atoms with E-state index in [9.17, 15) is 19.7 Å². The molecule has 1 aliphatic rings. The molecule has 0 spiro atoms. The Labute approximate surface area is 166 Å². The van der Waals surface area contributed by atoms with Gasteiger partial charge in [0.1, 0.15) is 5.69 Å². The van der Waals surface area contributed by atoms with Gasteiger partial charge in [0, 0.05) is 24.8 Å². The van der Waals surface area contributed by atoms with Crippen molar-refractivity contribution in [2.45, 2.75) is 12.8 Å². The SMILES string of the molecule is N#Cc1ccc(NC(=O)COC(=O)c2ccc(N3CCCC3)c([N+](=O)[O-])c2)cc1. The molecule has 0 radical (unpaired) electrons. The number of nitro groups is 1. The highest BCUT2D eigenvalue weighted by molar-refractivity contribution is 5.96. The van der Waals surface area contributed by atoms with Gasteiger partial charge >= 0.3 is 5.97 Å². The van der Waals surface area contributed by atoms with E-state index in [0.29, 0.717) is 16.9 Å². The second-order valence-electron chi connectivity index (χ2n) is 6.47. The number of hydrogen-bond acceptors (Lipinski definition) is 7. The van der Waals surface area contributed by atoms with Gasteiger partial charge in [-0.25, -0.2) is 4.79 Å². The molecule has 0 bridgehead atoms. The first-order valence-electron chi connectivity index (χ1n) is 8.98. The average molecular weight is 394 g/mol. The van der Waals surface area contributed by atoms with Crippen LogP contribution < -0.4 is 10.2 Å². The van der Waals surface area contributed by atoms with Gasteiger partial charge in [0.25, 0.3) is 11.6 Å². The van der Waals surface area contributed by atoms with Crippen LogP contribution in [-0.4, -0.2) is 36.5 Å². The molecular weight excluding hydrogens is 376 g/mol. The normalized spacial score (nSPS) is 12.9. The third-order valence-corrected chi connectivity index (χ3v) is 4.49. The predicted molar refractivity (Wildman–Crippen MR) is 105 cm³/mol. The highest BCUT2D eigenvalue weighted by Gasteiger charge is 2.24. The van der Waals surface area contributed by atoms with Crippen LogP contribution in [0.4, 0.5) is 17.1 Å². The molecule has 9 heteroatoms. The molecule has 1 N–H and O–H groups in total. The van der Waals surface area contributed by atoms with Crippen LogP contribution in [-0.2, 0) is 9.53 Å². The van der Waals surface area contributed by atoms with Crippen molar-refractivity contribution in [2.24, 2.45) is 0 Å². The van der Waals surface area contributed by atoms with Gasteiger partial charge in [0.15, 0.2) is 6.61 Å². The van der Waals surface area contributed by atoms with Gasteiger partial charge < -0.3 is 15.0 Å². The van der Waals surface area contributed by atoms with Crippen LogP contribution in [0.1, 0.15) is 28.8 Å². The Bertz CT molecular complexity index is 975. The van der Waals surface area contributed by atoms with Crippen LogP contribution in [0.5, 0.6) is 0 Å². The summed E-state index contributed by atoms with van der Waals surface area (Å²) in [6.45, 7) is 0.931. The number of carbonyl (C=O) groups excluding carboxylic acids is 2. The zero-order valence-electron chi connectivity index (χ0n) is 15.5. The lowest BCUT2D eigenvalue weighted by atomic mass is 10.1. The molecule has 9 nitrogen and oxygen atoms in total. The summed E-state index contributed by atoms with van der Waals surface area (Å²) in [5.41, 5.74) is 1.22. The molecule has 1 amide bonds. The molecule has 1 fully saturated rings. The van der Waals surface area contributed by atoms with E-state index in [0.717, 1.165) is 25.9 Å². The predicted octanol–water partition coefficient (Wildman–Crippen LogP) is 2.86. The van der Waals surface area contributed by atoms with Crippen molar-refractivity contribution in [3.63, 3.8) is 0 Å². The maximum absolute atomic E-state index is 12.2. The van der Waals surface area contributed by atoms with Crippen molar-refractivity contribution in [2.75, 3.05) is 29.9 Å². The van der Waals surface area contributed by atoms with E-state index in [1.165, 1.54) is 18.2 Å². The molecular formula is C20H18N4O5. The molecule has 0 aliphatic carbocycles. The molecule has 148 valence electrons. The summed E-state index contributed by atoms with van der Waals surface area (Å²) in [6, 6.07) is 12.3. The maximum atomic E-state index is 12.2. The number of rotatable bonds is 6. The zero-order chi connectivity index (χ0) is 20.8. The number of nitro benzene ring substituents is 1. The number of nitriles is 1. The van der Waals surface area contributed by atoms with Crippen molar-refractivity contribution in [3.05, 3.63) is 63.7 Å². The summed E-state index contributed by atoms with van der Waals surface area (Å²) in [6.07, 6.45) is 1.94. The molecule has 3 rings (SSSR count). The molecule has 2 aromatic carbocycles. The first-order chi connectivity index (χ1) is 14.0. The Hall–Kier alpha value is -3.93. The second kappa shape index (κ2) is 8.84. The topological polar surface area (TPSA) is 126 Å². The van der Waals surface area contributed by atoms with E-state index in [4.69, 9.17) is 10.00 Å². The van der Waals surface area contributed by atoms with E-state index in [-0.39, 0.29) is 11.3 Å².